The molecule has 1 heterocycles. The van der Waals surface area contributed by atoms with E-state index < -0.39 is 12.0 Å². The fourth-order valence-electron chi connectivity index (χ4n) is 2.02. The average Bonchev–Trinajstić information content (AvgIpc) is 2.71. The summed E-state index contributed by atoms with van der Waals surface area (Å²) in [5.41, 5.74) is 2.67. The first-order valence-electron chi connectivity index (χ1n) is 5.78. The molecule has 0 saturated heterocycles. The van der Waals surface area contributed by atoms with Gasteiger partial charge in [-0.15, -0.1) is 0 Å². The fraction of sp³-hybridized carbons (Fsp3) is 0.214. The van der Waals surface area contributed by atoms with Crippen LogP contribution in [0.4, 0.5) is 0 Å². The zero-order chi connectivity index (χ0) is 13.1. The van der Waals surface area contributed by atoms with Crippen LogP contribution >= 0.6 is 0 Å². The molecule has 18 heavy (non-hydrogen) atoms. The number of nitrogens with one attached hydrogen (secondary N) is 2. The molecule has 94 valence electrons. The van der Waals surface area contributed by atoms with E-state index in [1.807, 2.05) is 30.5 Å². The first-order valence-corrected chi connectivity index (χ1v) is 5.78. The Hall–Kier alpha value is -2.23. The van der Waals surface area contributed by atoms with Crippen molar-refractivity contribution >= 4 is 16.9 Å². The van der Waals surface area contributed by atoms with Crippen molar-refractivity contribution in [3.05, 3.63) is 48.3 Å². The van der Waals surface area contributed by atoms with Crippen molar-refractivity contribution in [2.24, 2.45) is 0 Å². The number of benzene rings is 1. The molecule has 0 radical (unpaired) electrons. The van der Waals surface area contributed by atoms with Crippen LogP contribution in [0.25, 0.3) is 10.9 Å². The molecule has 1 aromatic heterocycles. The third-order valence-corrected chi connectivity index (χ3v) is 2.82. The maximum atomic E-state index is 11.2. The second-order valence-corrected chi connectivity index (χ2v) is 4.38. The minimum absolute atomic E-state index is 0.423. The van der Waals surface area contributed by atoms with Gasteiger partial charge in [0.15, 0.2) is 0 Å². The van der Waals surface area contributed by atoms with Gasteiger partial charge in [0.2, 0.25) is 0 Å². The molecule has 1 aromatic carbocycles. The Morgan fingerprint density at radius 2 is 2.22 bits per heavy atom. The Bertz CT molecular complexity index is 586. The number of carbonyl (C=O) groups is 1. The summed E-state index contributed by atoms with van der Waals surface area (Å²) in [6.45, 7) is 5.44. The van der Waals surface area contributed by atoms with Crippen molar-refractivity contribution in [2.75, 3.05) is 0 Å². The van der Waals surface area contributed by atoms with Crippen LogP contribution in [-0.4, -0.2) is 22.1 Å². The Kier molecular flexibility index (Phi) is 3.37. The van der Waals surface area contributed by atoms with Crippen molar-refractivity contribution < 1.29 is 9.90 Å². The largest absolute Gasteiger partial charge is 0.480 e. The van der Waals surface area contributed by atoms with E-state index in [2.05, 4.69) is 16.9 Å². The van der Waals surface area contributed by atoms with Crippen LogP contribution in [0.1, 0.15) is 12.5 Å². The standard InChI is InChI=1S/C14H16N2O2/c1-9(2)16-13(14(17)18)7-10-8-15-12-6-4-3-5-11(10)12/h3-6,8,13,15-16H,1,7H2,2H3,(H,17,18). The number of H-pyrrole nitrogens is 1. The number of para-hydroxylation sites is 1. The number of carboxylic acid groups (broad SMARTS) is 1. The normalized spacial score (nSPS) is 12.3. The van der Waals surface area contributed by atoms with Crippen molar-refractivity contribution in [2.45, 2.75) is 19.4 Å². The molecular formula is C14H16N2O2. The first-order chi connectivity index (χ1) is 8.58. The van der Waals surface area contributed by atoms with Crippen LogP contribution in [0.5, 0.6) is 0 Å². The minimum Gasteiger partial charge on any atom is -0.480 e. The Labute approximate surface area is 105 Å². The molecule has 0 aliphatic heterocycles. The molecule has 0 fully saturated rings. The number of aliphatic carboxylic acids is 1. The topological polar surface area (TPSA) is 65.1 Å². The summed E-state index contributed by atoms with van der Waals surface area (Å²) in [5.74, 6) is -0.872. The number of carboxylic acids is 1. The van der Waals surface area contributed by atoms with E-state index in [9.17, 15) is 9.90 Å². The van der Waals surface area contributed by atoms with E-state index in [1.54, 1.807) is 6.92 Å². The molecule has 2 rings (SSSR count). The summed E-state index contributed by atoms with van der Waals surface area (Å²) in [6, 6.07) is 7.20. The quantitative estimate of drug-likeness (QED) is 0.756. The van der Waals surface area contributed by atoms with Crippen LogP contribution in [0.2, 0.25) is 0 Å². The van der Waals surface area contributed by atoms with Gasteiger partial charge >= 0.3 is 5.97 Å². The number of aromatic amines is 1. The second-order valence-electron chi connectivity index (χ2n) is 4.38. The van der Waals surface area contributed by atoms with Gasteiger partial charge in [-0.05, 0) is 18.6 Å². The number of allylic oxidation sites excluding steroid dienone is 1. The SMILES string of the molecule is C=C(C)NC(Cc1c[nH]c2ccccc12)C(=O)O. The van der Waals surface area contributed by atoms with Gasteiger partial charge in [0.1, 0.15) is 6.04 Å². The van der Waals surface area contributed by atoms with Crippen LogP contribution < -0.4 is 5.32 Å². The first kappa shape index (κ1) is 12.2. The fourth-order valence-corrected chi connectivity index (χ4v) is 2.02. The van der Waals surface area contributed by atoms with Gasteiger partial charge in [-0.25, -0.2) is 4.79 Å². The minimum atomic E-state index is -0.872. The Morgan fingerprint density at radius 1 is 1.50 bits per heavy atom. The summed E-state index contributed by atoms with van der Waals surface area (Å²) in [7, 11) is 0. The van der Waals surface area contributed by atoms with E-state index in [1.165, 1.54) is 0 Å². The van der Waals surface area contributed by atoms with Crippen molar-refractivity contribution in [3.63, 3.8) is 0 Å². The lowest BCUT2D eigenvalue weighted by atomic mass is 10.0. The third-order valence-electron chi connectivity index (χ3n) is 2.82. The molecule has 0 amide bonds. The van der Waals surface area contributed by atoms with E-state index >= 15 is 0 Å². The summed E-state index contributed by atoms with van der Waals surface area (Å²) in [6.07, 6.45) is 2.28. The molecule has 1 unspecified atom stereocenters. The molecule has 0 bridgehead atoms. The third kappa shape index (κ3) is 2.53. The van der Waals surface area contributed by atoms with Gasteiger partial charge in [-0.3, -0.25) is 0 Å². The highest BCUT2D eigenvalue weighted by atomic mass is 16.4. The number of rotatable bonds is 5. The number of aromatic nitrogens is 1. The summed E-state index contributed by atoms with van der Waals surface area (Å²) in [5, 5.41) is 13.1. The molecule has 0 spiro atoms. The highest BCUT2D eigenvalue weighted by Crippen LogP contribution is 2.19. The molecule has 0 aliphatic rings. The van der Waals surface area contributed by atoms with Crippen molar-refractivity contribution in [1.29, 1.82) is 0 Å². The van der Waals surface area contributed by atoms with Gasteiger partial charge < -0.3 is 15.4 Å². The summed E-state index contributed by atoms with van der Waals surface area (Å²) < 4.78 is 0. The Balaban J connectivity index is 2.26. The van der Waals surface area contributed by atoms with E-state index in [4.69, 9.17) is 0 Å². The molecule has 4 nitrogen and oxygen atoms in total. The highest BCUT2D eigenvalue weighted by Gasteiger charge is 2.18. The predicted octanol–water partition coefficient (Wildman–Crippen LogP) is 2.29. The lowest BCUT2D eigenvalue weighted by Crippen LogP contribution is -2.37. The number of hydrogen-bond donors (Lipinski definition) is 3. The summed E-state index contributed by atoms with van der Waals surface area (Å²) in [4.78, 5) is 14.3. The number of hydrogen-bond acceptors (Lipinski definition) is 2. The van der Waals surface area contributed by atoms with Gasteiger partial charge in [-0.2, -0.15) is 0 Å². The van der Waals surface area contributed by atoms with Crippen LogP contribution in [0.3, 0.4) is 0 Å². The molecule has 1 atom stereocenters. The highest BCUT2D eigenvalue weighted by molar-refractivity contribution is 5.84. The van der Waals surface area contributed by atoms with E-state index in [0.717, 1.165) is 16.5 Å². The molecule has 0 aliphatic carbocycles. The maximum Gasteiger partial charge on any atom is 0.326 e. The van der Waals surface area contributed by atoms with E-state index in [0.29, 0.717) is 12.1 Å². The van der Waals surface area contributed by atoms with Crippen LogP contribution in [-0.2, 0) is 11.2 Å². The van der Waals surface area contributed by atoms with E-state index in [-0.39, 0.29) is 0 Å². The molecular weight excluding hydrogens is 228 g/mol. The summed E-state index contributed by atoms with van der Waals surface area (Å²) >= 11 is 0. The monoisotopic (exact) mass is 244 g/mol. The van der Waals surface area contributed by atoms with Crippen LogP contribution in [0.15, 0.2) is 42.7 Å². The molecule has 4 heteroatoms. The van der Waals surface area contributed by atoms with Gasteiger partial charge in [0.05, 0.1) is 0 Å². The predicted molar refractivity (Wildman–Crippen MR) is 71.4 cm³/mol. The average molecular weight is 244 g/mol. The smallest absolute Gasteiger partial charge is 0.326 e. The molecule has 0 saturated carbocycles. The van der Waals surface area contributed by atoms with Crippen molar-refractivity contribution in [3.8, 4) is 0 Å². The molecule has 2 aromatic rings. The number of fused-ring (bicyclic) bond motifs is 1. The second kappa shape index (κ2) is 4.96. The van der Waals surface area contributed by atoms with Gasteiger partial charge in [0, 0.05) is 29.2 Å². The van der Waals surface area contributed by atoms with Gasteiger partial charge in [-0.1, -0.05) is 24.8 Å². The molecule has 3 N–H and O–H groups in total. The van der Waals surface area contributed by atoms with Gasteiger partial charge in [0.25, 0.3) is 0 Å². The maximum absolute atomic E-state index is 11.2. The zero-order valence-electron chi connectivity index (χ0n) is 10.2. The lowest BCUT2D eigenvalue weighted by molar-refractivity contribution is -0.139. The van der Waals surface area contributed by atoms with Crippen LogP contribution in [0, 0.1) is 0 Å². The van der Waals surface area contributed by atoms with Crippen molar-refractivity contribution in [1.82, 2.24) is 10.3 Å². The Morgan fingerprint density at radius 3 is 2.89 bits per heavy atom. The lowest BCUT2D eigenvalue weighted by Gasteiger charge is -2.14. The zero-order valence-corrected chi connectivity index (χ0v) is 10.2.